The number of nitrogens with one attached hydrogen (secondary N) is 1. The second kappa shape index (κ2) is 8.59. The van der Waals surface area contributed by atoms with Crippen LogP contribution in [0.2, 0.25) is 0 Å². The van der Waals surface area contributed by atoms with Crippen molar-refractivity contribution >= 4 is 17.7 Å². The Hall–Kier alpha value is -3.68. The van der Waals surface area contributed by atoms with Crippen molar-refractivity contribution in [3.8, 4) is 11.1 Å². The first-order valence-electron chi connectivity index (χ1n) is 9.85. The predicted molar refractivity (Wildman–Crippen MR) is 109 cm³/mol. The number of benzene rings is 2. The lowest BCUT2D eigenvalue weighted by atomic mass is 9.98. The number of carbonyl (C=O) groups excluding carboxylic acids is 3. The van der Waals surface area contributed by atoms with E-state index in [2.05, 4.69) is 10.1 Å². The van der Waals surface area contributed by atoms with Gasteiger partial charge in [-0.25, -0.2) is 4.39 Å². The Morgan fingerprint density at radius 2 is 1.77 bits per heavy atom. The van der Waals surface area contributed by atoms with E-state index in [1.165, 1.54) is 19.2 Å². The molecule has 1 atom stereocenters. The highest BCUT2D eigenvalue weighted by atomic mass is 19.1. The SMILES string of the molecule is COC(=O)CNC(=O)C1=C2OCC(c3ccc(-c4ccc(F)cc4)cc3)N2CCC1=O. The highest BCUT2D eigenvalue weighted by molar-refractivity contribution is 6.20. The Morgan fingerprint density at radius 1 is 1.13 bits per heavy atom. The average Bonchev–Trinajstić information content (AvgIpc) is 3.21. The number of rotatable bonds is 5. The maximum absolute atomic E-state index is 13.2. The second-order valence-corrected chi connectivity index (χ2v) is 7.26. The third-order valence-corrected chi connectivity index (χ3v) is 5.41. The number of Topliss-reactive ketones (excluding diaryl/α,β-unsaturated/α-hetero) is 1. The summed E-state index contributed by atoms with van der Waals surface area (Å²) in [6.07, 6.45) is 0.179. The summed E-state index contributed by atoms with van der Waals surface area (Å²) in [5.41, 5.74) is 2.77. The lowest BCUT2D eigenvalue weighted by Gasteiger charge is -2.29. The highest BCUT2D eigenvalue weighted by Crippen LogP contribution is 2.37. The van der Waals surface area contributed by atoms with Gasteiger partial charge in [0.05, 0.1) is 13.2 Å². The molecule has 0 saturated carbocycles. The number of esters is 1. The third-order valence-electron chi connectivity index (χ3n) is 5.41. The maximum Gasteiger partial charge on any atom is 0.325 e. The molecule has 1 saturated heterocycles. The van der Waals surface area contributed by atoms with Crippen molar-refractivity contribution in [1.82, 2.24) is 10.2 Å². The number of fused-ring (bicyclic) bond motifs is 1. The number of hydrogen-bond acceptors (Lipinski definition) is 6. The van der Waals surface area contributed by atoms with Crippen LogP contribution >= 0.6 is 0 Å². The fourth-order valence-corrected chi connectivity index (χ4v) is 3.76. The minimum absolute atomic E-state index is 0.0689. The monoisotopic (exact) mass is 424 g/mol. The van der Waals surface area contributed by atoms with Gasteiger partial charge in [0, 0.05) is 13.0 Å². The number of carbonyl (C=O) groups is 3. The Labute approximate surface area is 178 Å². The van der Waals surface area contributed by atoms with Gasteiger partial charge >= 0.3 is 5.97 Å². The van der Waals surface area contributed by atoms with Crippen LogP contribution < -0.4 is 5.32 Å². The normalized spacial score (nSPS) is 17.8. The molecular formula is C23H21FN2O5. The molecule has 0 spiro atoms. The predicted octanol–water partition coefficient (Wildman–Crippen LogP) is 2.34. The molecule has 2 aliphatic rings. The third kappa shape index (κ3) is 4.14. The van der Waals surface area contributed by atoms with E-state index in [4.69, 9.17) is 4.74 Å². The molecule has 0 radical (unpaired) electrons. The van der Waals surface area contributed by atoms with E-state index in [1.54, 1.807) is 12.1 Å². The van der Waals surface area contributed by atoms with Crippen LogP contribution in [-0.4, -0.2) is 49.4 Å². The Bertz CT molecular complexity index is 1050. The quantitative estimate of drug-likeness (QED) is 0.586. The molecule has 4 rings (SSSR count). The van der Waals surface area contributed by atoms with Gasteiger partial charge in [-0.2, -0.15) is 0 Å². The first kappa shape index (κ1) is 20.6. The summed E-state index contributed by atoms with van der Waals surface area (Å²) < 4.78 is 23.4. The molecule has 7 nitrogen and oxygen atoms in total. The molecule has 31 heavy (non-hydrogen) atoms. The lowest BCUT2D eigenvalue weighted by molar-refractivity contribution is -0.141. The van der Waals surface area contributed by atoms with E-state index in [0.717, 1.165) is 16.7 Å². The summed E-state index contributed by atoms with van der Waals surface area (Å²) in [5.74, 6) is -1.62. The number of halogens is 1. The molecule has 160 valence electrons. The molecule has 0 aromatic heterocycles. The van der Waals surface area contributed by atoms with Crippen molar-refractivity contribution in [2.75, 3.05) is 26.8 Å². The smallest absolute Gasteiger partial charge is 0.325 e. The van der Waals surface area contributed by atoms with E-state index >= 15 is 0 Å². The summed E-state index contributed by atoms with van der Waals surface area (Å²) >= 11 is 0. The Morgan fingerprint density at radius 3 is 2.42 bits per heavy atom. The van der Waals surface area contributed by atoms with Gasteiger partial charge in [-0.3, -0.25) is 14.4 Å². The highest BCUT2D eigenvalue weighted by Gasteiger charge is 2.40. The van der Waals surface area contributed by atoms with Gasteiger partial charge in [0.15, 0.2) is 5.78 Å². The van der Waals surface area contributed by atoms with E-state index in [9.17, 15) is 18.8 Å². The maximum atomic E-state index is 13.2. The van der Waals surface area contributed by atoms with Gasteiger partial charge in [-0.15, -0.1) is 0 Å². The zero-order valence-corrected chi connectivity index (χ0v) is 16.9. The van der Waals surface area contributed by atoms with Crippen LogP contribution in [0.15, 0.2) is 60.0 Å². The van der Waals surface area contributed by atoms with Crippen molar-refractivity contribution in [3.05, 3.63) is 71.4 Å². The lowest BCUT2D eigenvalue weighted by Crippen LogP contribution is -2.39. The van der Waals surface area contributed by atoms with E-state index in [0.29, 0.717) is 13.2 Å². The first-order chi connectivity index (χ1) is 15.0. The molecule has 2 aromatic rings. The Balaban J connectivity index is 1.55. The van der Waals surface area contributed by atoms with Crippen molar-refractivity contribution in [1.29, 1.82) is 0 Å². The standard InChI is InChI=1S/C23H21FN2O5/c1-30-20(28)12-25-22(29)21-19(27)10-11-26-18(13-31-23(21)26)16-4-2-14(3-5-16)15-6-8-17(24)9-7-15/h2-9,18H,10-13H2,1H3,(H,25,29). The van der Waals surface area contributed by atoms with Gasteiger partial charge < -0.3 is 19.7 Å². The second-order valence-electron chi connectivity index (χ2n) is 7.26. The number of hydrogen-bond donors (Lipinski definition) is 1. The van der Waals surface area contributed by atoms with Gasteiger partial charge in [-0.1, -0.05) is 36.4 Å². The zero-order chi connectivity index (χ0) is 22.0. The summed E-state index contributed by atoms with van der Waals surface area (Å²) in [6.45, 7) is 0.409. The molecular weight excluding hydrogens is 403 g/mol. The number of ketones is 1. The molecule has 2 aliphatic heterocycles. The molecule has 1 unspecified atom stereocenters. The fraction of sp³-hybridized carbons (Fsp3) is 0.261. The van der Waals surface area contributed by atoms with Crippen LogP contribution in [0.4, 0.5) is 4.39 Å². The largest absolute Gasteiger partial charge is 0.476 e. The van der Waals surface area contributed by atoms with Gasteiger partial charge in [0.2, 0.25) is 5.88 Å². The van der Waals surface area contributed by atoms with Crippen LogP contribution in [0.25, 0.3) is 11.1 Å². The number of nitrogens with zero attached hydrogens (tertiary/aromatic N) is 1. The molecule has 2 aromatic carbocycles. The van der Waals surface area contributed by atoms with Crippen molar-refractivity contribution in [2.45, 2.75) is 12.5 Å². The topological polar surface area (TPSA) is 84.9 Å². The first-order valence-corrected chi connectivity index (χ1v) is 9.85. The van der Waals surface area contributed by atoms with Gasteiger partial charge in [-0.05, 0) is 28.8 Å². The fourth-order valence-electron chi connectivity index (χ4n) is 3.76. The van der Waals surface area contributed by atoms with Crippen molar-refractivity contribution in [3.63, 3.8) is 0 Å². The molecule has 0 aliphatic carbocycles. The van der Waals surface area contributed by atoms with Gasteiger partial charge in [0.25, 0.3) is 5.91 Å². The number of ether oxygens (including phenoxy) is 2. The van der Waals surface area contributed by atoms with Gasteiger partial charge in [0.1, 0.15) is 24.5 Å². The molecule has 8 heteroatoms. The van der Waals surface area contributed by atoms with Crippen LogP contribution in [0.5, 0.6) is 0 Å². The van der Waals surface area contributed by atoms with Crippen LogP contribution in [0.3, 0.4) is 0 Å². The summed E-state index contributed by atoms with van der Waals surface area (Å²) in [6, 6.07) is 14.0. The minimum Gasteiger partial charge on any atom is -0.476 e. The van der Waals surface area contributed by atoms with E-state index in [-0.39, 0.29) is 42.1 Å². The summed E-state index contributed by atoms with van der Waals surface area (Å²) in [4.78, 5) is 38.1. The summed E-state index contributed by atoms with van der Waals surface area (Å²) in [7, 11) is 1.22. The van der Waals surface area contributed by atoms with Crippen molar-refractivity contribution < 1.29 is 28.2 Å². The summed E-state index contributed by atoms with van der Waals surface area (Å²) in [5, 5.41) is 2.40. The van der Waals surface area contributed by atoms with Crippen LogP contribution in [-0.2, 0) is 23.9 Å². The Kier molecular flexibility index (Phi) is 5.70. The molecule has 0 bridgehead atoms. The van der Waals surface area contributed by atoms with Crippen LogP contribution in [0.1, 0.15) is 18.0 Å². The minimum atomic E-state index is -0.651. The average molecular weight is 424 g/mol. The van der Waals surface area contributed by atoms with E-state index < -0.39 is 11.9 Å². The number of methoxy groups -OCH3 is 1. The number of amides is 1. The zero-order valence-electron chi connectivity index (χ0n) is 16.9. The van der Waals surface area contributed by atoms with Crippen LogP contribution in [0, 0.1) is 5.82 Å². The van der Waals surface area contributed by atoms with E-state index in [1.807, 2.05) is 29.2 Å². The molecule has 1 N–H and O–H groups in total. The van der Waals surface area contributed by atoms with Crippen molar-refractivity contribution in [2.24, 2.45) is 0 Å². The molecule has 1 fully saturated rings. The molecule has 1 amide bonds. The molecule has 2 heterocycles.